The Morgan fingerprint density at radius 1 is 1.02 bits per heavy atom. The Morgan fingerprint density at radius 3 is 2.51 bits per heavy atom. The molecule has 2 aliphatic rings. The molecule has 2 aromatic heterocycles. The molecule has 2 amide bonds. The zero-order valence-electron chi connectivity index (χ0n) is 22.1. The standard InChI is InChI=1S/C30H24N4O5S2/c1-3-39-22(35)16-33-20-13-8-7-12-19(20)24(28(33)37)26-29(38)34-25(21-14-9-15-40-21)23(17(2)31-30(34)41-26)27(36)32-18-10-5-4-6-11-18/h4-15,25H,3,16H2,1-2H3,(H,32,36)/b26-24+/t25-/m0/s1. The summed E-state index contributed by atoms with van der Waals surface area (Å²) in [6, 6.07) is 19.1. The summed E-state index contributed by atoms with van der Waals surface area (Å²) < 4.78 is 6.78. The topological polar surface area (TPSA) is 110 Å². The summed E-state index contributed by atoms with van der Waals surface area (Å²) in [6.45, 7) is 3.37. The Bertz CT molecular complexity index is 1910. The second kappa shape index (κ2) is 10.8. The number of aromatic nitrogens is 1. The first-order valence-electron chi connectivity index (χ1n) is 12.9. The van der Waals surface area contributed by atoms with Crippen molar-refractivity contribution in [1.82, 2.24) is 4.57 Å². The number of carbonyl (C=O) groups is 3. The number of thiophene rings is 1. The van der Waals surface area contributed by atoms with Crippen LogP contribution in [0.4, 0.5) is 11.4 Å². The summed E-state index contributed by atoms with van der Waals surface area (Å²) in [5.74, 6) is -1.37. The van der Waals surface area contributed by atoms with Gasteiger partial charge in [0, 0.05) is 16.1 Å². The molecule has 0 aliphatic carbocycles. The van der Waals surface area contributed by atoms with Gasteiger partial charge >= 0.3 is 5.97 Å². The van der Waals surface area contributed by atoms with Crippen LogP contribution in [0.1, 0.15) is 30.3 Å². The van der Waals surface area contributed by atoms with Crippen molar-refractivity contribution in [2.75, 3.05) is 23.4 Å². The molecular formula is C30H24N4O5S2. The van der Waals surface area contributed by atoms with Gasteiger partial charge in [-0.05, 0) is 43.5 Å². The fraction of sp³-hybridized carbons (Fsp3) is 0.167. The van der Waals surface area contributed by atoms with Crippen LogP contribution in [0.2, 0.25) is 0 Å². The number of esters is 1. The maximum atomic E-state index is 14.2. The van der Waals surface area contributed by atoms with Crippen LogP contribution >= 0.6 is 22.7 Å². The minimum Gasteiger partial charge on any atom is -0.465 e. The third-order valence-corrected chi connectivity index (χ3v) is 8.81. The largest absolute Gasteiger partial charge is 0.465 e. The molecule has 0 spiro atoms. The highest BCUT2D eigenvalue weighted by atomic mass is 32.1. The lowest BCUT2D eigenvalue weighted by Crippen LogP contribution is -2.41. The van der Waals surface area contributed by atoms with Crippen LogP contribution in [0.3, 0.4) is 0 Å². The highest BCUT2D eigenvalue weighted by Crippen LogP contribution is 2.36. The SMILES string of the molecule is CCOC(=O)CN1C(=O)/C(=c2/sc3n(c2=O)[C@@H](c2cccs2)C(C(=O)Nc2ccccc2)=C(C)N=3)c2ccccc21. The third kappa shape index (κ3) is 4.62. The molecule has 1 N–H and O–H groups in total. The number of thiazole rings is 1. The van der Waals surface area contributed by atoms with E-state index >= 15 is 0 Å². The van der Waals surface area contributed by atoms with Crippen LogP contribution < -0.4 is 25.1 Å². The molecule has 9 nitrogen and oxygen atoms in total. The average Bonchev–Trinajstić information content (AvgIpc) is 3.67. The summed E-state index contributed by atoms with van der Waals surface area (Å²) in [6.07, 6.45) is 0. The Kier molecular flexibility index (Phi) is 6.98. The number of hydrogen-bond acceptors (Lipinski definition) is 8. The van der Waals surface area contributed by atoms with Crippen molar-refractivity contribution in [1.29, 1.82) is 0 Å². The molecule has 2 aliphatic heterocycles. The van der Waals surface area contributed by atoms with Gasteiger partial charge < -0.3 is 10.1 Å². The van der Waals surface area contributed by atoms with E-state index in [0.717, 1.165) is 16.2 Å². The minimum atomic E-state index is -0.730. The number of nitrogens with one attached hydrogen (secondary N) is 1. The number of benzene rings is 2. The summed E-state index contributed by atoms with van der Waals surface area (Å²) in [5, 5.41) is 4.82. The molecule has 0 radical (unpaired) electrons. The Morgan fingerprint density at radius 2 is 1.78 bits per heavy atom. The first-order chi connectivity index (χ1) is 19.9. The Hall–Kier alpha value is -4.61. The smallest absolute Gasteiger partial charge is 0.326 e. The number of hydrogen-bond donors (Lipinski definition) is 1. The van der Waals surface area contributed by atoms with Gasteiger partial charge in [-0.3, -0.25) is 28.6 Å². The van der Waals surface area contributed by atoms with Gasteiger partial charge in [0.05, 0.1) is 29.1 Å². The van der Waals surface area contributed by atoms with Crippen molar-refractivity contribution in [2.45, 2.75) is 19.9 Å². The zero-order chi connectivity index (χ0) is 28.7. The first kappa shape index (κ1) is 26.6. The molecular weight excluding hydrogens is 560 g/mol. The van der Waals surface area contributed by atoms with Gasteiger partial charge in [-0.15, -0.1) is 11.3 Å². The molecule has 2 aromatic carbocycles. The van der Waals surface area contributed by atoms with E-state index in [9.17, 15) is 19.2 Å². The van der Waals surface area contributed by atoms with E-state index in [1.807, 2.05) is 35.7 Å². The second-order valence-corrected chi connectivity index (χ2v) is 11.3. The van der Waals surface area contributed by atoms with Crippen molar-refractivity contribution < 1.29 is 19.1 Å². The number of ether oxygens (including phenoxy) is 1. The Balaban J connectivity index is 1.52. The molecule has 0 saturated carbocycles. The van der Waals surface area contributed by atoms with E-state index in [1.165, 1.54) is 20.8 Å². The summed E-state index contributed by atoms with van der Waals surface area (Å²) in [4.78, 5) is 61.1. The molecule has 206 valence electrons. The highest BCUT2D eigenvalue weighted by molar-refractivity contribution is 7.10. The number of allylic oxidation sites excluding steroid dienone is 1. The monoisotopic (exact) mass is 584 g/mol. The number of fused-ring (bicyclic) bond motifs is 2. The molecule has 1 atom stereocenters. The van der Waals surface area contributed by atoms with Crippen LogP contribution in [-0.4, -0.2) is 35.5 Å². The number of carbonyl (C=O) groups excluding carboxylic acids is 3. The molecule has 41 heavy (non-hydrogen) atoms. The zero-order valence-corrected chi connectivity index (χ0v) is 23.8. The fourth-order valence-electron chi connectivity index (χ4n) is 5.09. The first-order valence-corrected chi connectivity index (χ1v) is 14.6. The van der Waals surface area contributed by atoms with Crippen molar-refractivity contribution in [2.24, 2.45) is 4.99 Å². The molecule has 6 rings (SSSR count). The van der Waals surface area contributed by atoms with Gasteiger partial charge in [0.1, 0.15) is 17.1 Å². The molecule has 4 heterocycles. The van der Waals surface area contributed by atoms with Crippen LogP contribution in [0.15, 0.2) is 93.2 Å². The van der Waals surface area contributed by atoms with Crippen LogP contribution in [0.5, 0.6) is 0 Å². The highest BCUT2D eigenvalue weighted by Gasteiger charge is 2.38. The van der Waals surface area contributed by atoms with Crippen molar-refractivity contribution in [3.8, 4) is 0 Å². The third-order valence-electron chi connectivity index (χ3n) is 6.83. The van der Waals surface area contributed by atoms with Crippen molar-refractivity contribution >= 4 is 57.4 Å². The quantitative estimate of drug-likeness (QED) is 0.350. The number of anilines is 2. The number of para-hydroxylation sites is 2. The normalized spacial score (nSPS) is 17.2. The predicted octanol–water partition coefficient (Wildman–Crippen LogP) is 3.22. The van der Waals surface area contributed by atoms with Crippen LogP contribution in [0.25, 0.3) is 5.57 Å². The molecule has 0 fully saturated rings. The lowest BCUT2D eigenvalue weighted by molar-refractivity contribution is -0.142. The predicted molar refractivity (Wildman–Crippen MR) is 158 cm³/mol. The average molecular weight is 585 g/mol. The number of amides is 2. The summed E-state index contributed by atoms with van der Waals surface area (Å²) in [7, 11) is 0. The van der Waals surface area contributed by atoms with E-state index in [-0.39, 0.29) is 29.2 Å². The molecule has 4 aromatic rings. The lowest BCUT2D eigenvalue weighted by Gasteiger charge is -2.24. The van der Waals surface area contributed by atoms with E-state index in [0.29, 0.717) is 33.0 Å². The maximum Gasteiger partial charge on any atom is 0.326 e. The van der Waals surface area contributed by atoms with Crippen LogP contribution in [-0.2, 0) is 19.1 Å². The number of rotatable bonds is 6. The number of nitrogens with zero attached hydrogens (tertiary/aromatic N) is 3. The Labute approximate surface area is 242 Å². The van der Waals surface area contributed by atoms with Gasteiger partial charge in [0.15, 0.2) is 4.80 Å². The van der Waals surface area contributed by atoms with Gasteiger partial charge in [-0.1, -0.05) is 53.8 Å². The molecule has 11 heteroatoms. The molecule has 0 unspecified atom stereocenters. The summed E-state index contributed by atoms with van der Waals surface area (Å²) in [5.41, 5.74) is 2.31. The van der Waals surface area contributed by atoms with E-state index < -0.39 is 23.5 Å². The second-order valence-electron chi connectivity index (χ2n) is 9.33. The minimum absolute atomic E-state index is 0.191. The lowest BCUT2D eigenvalue weighted by atomic mass is 10.0. The summed E-state index contributed by atoms with van der Waals surface area (Å²) >= 11 is 2.53. The van der Waals surface area contributed by atoms with Crippen molar-refractivity contribution in [3.05, 3.63) is 114 Å². The van der Waals surface area contributed by atoms with Gasteiger partial charge in [0.25, 0.3) is 17.4 Å². The van der Waals surface area contributed by atoms with Gasteiger partial charge in [-0.25, -0.2) is 4.99 Å². The van der Waals surface area contributed by atoms with E-state index in [4.69, 9.17) is 4.74 Å². The van der Waals surface area contributed by atoms with Crippen LogP contribution in [0, 0.1) is 0 Å². The fourth-order valence-corrected chi connectivity index (χ4v) is 7.05. The molecule has 0 bridgehead atoms. The van der Waals surface area contributed by atoms with Gasteiger partial charge in [-0.2, -0.15) is 0 Å². The van der Waals surface area contributed by atoms with Gasteiger partial charge in [0.2, 0.25) is 0 Å². The maximum absolute atomic E-state index is 14.2. The molecule has 0 saturated heterocycles. The van der Waals surface area contributed by atoms with Crippen molar-refractivity contribution in [3.63, 3.8) is 0 Å². The van der Waals surface area contributed by atoms with E-state index in [2.05, 4.69) is 10.3 Å². The van der Waals surface area contributed by atoms with E-state index in [1.54, 1.807) is 50.2 Å².